The molecule has 1 atom stereocenters. The van der Waals surface area contributed by atoms with E-state index in [1.165, 1.54) is 32.1 Å². The van der Waals surface area contributed by atoms with E-state index < -0.39 is 5.97 Å². The summed E-state index contributed by atoms with van der Waals surface area (Å²) in [5.74, 6) is -0.931. The molecule has 1 unspecified atom stereocenters. The molecule has 2 fully saturated rings. The van der Waals surface area contributed by atoms with Crippen LogP contribution in [0.1, 0.15) is 64.2 Å². The molecule has 0 bridgehead atoms. The van der Waals surface area contributed by atoms with Crippen LogP contribution < -0.4 is 5.11 Å². The second-order valence-corrected chi connectivity index (χ2v) is 5.39. The molecule has 0 heterocycles. The summed E-state index contributed by atoms with van der Waals surface area (Å²) in [5, 5.41) is 11.3. The summed E-state index contributed by atoms with van der Waals surface area (Å²) in [4.78, 5) is 11.3. The first-order valence-corrected chi connectivity index (χ1v) is 6.45. The number of aliphatic carboxylic acids is 1. The average Bonchev–Trinajstić information content (AvgIpc) is 2.42. The molecule has 2 aliphatic carbocycles. The first-order valence-electron chi connectivity index (χ1n) is 6.45. The number of carboxylic acid groups (broad SMARTS) is 1. The van der Waals surface area contributed by atoms with Crippen molar-refractivity contribution >= 4 is 5.97 Å². The van der Waals surface area contributed by atoms with Gasteiger partial charge in [-0.2, -0.15) is 0 Å². The van der Waals surface area contributed by atoms with Crippen molar-refractivity contribution in [1.29, 1.82) is 0 Å². The zero-order valence-electron chi connectivity index (χ0n) is 9.46. The van der Waals surface area contributed by atoms with Gasteiger partial charge in [-0.1, -0.05) is 38.5 Å². The zero-order chi connectivity index (χ0) is 10.7. The van der Waals surface area contributed by atoms with E-state index in [1.54, 1.807) is 0 Å². The SMILES string of the molecule is O=C([O-])C1CCCCCC12CCCCC2. The Morgan fingerprint density at radius 3 is 2.00 bits per heavy atom. The van der Waals surface area contributed by atoms with Gasteiger partial charge in [0.2, 0.25) is 0 Å². The monoisotopic (exact) mass is 209 g/mol. The lowest BCUT2D eigenvalue weighted by Crippen LogP contribution is -2.43. The predicted octanol–water partition coefficient (Wildman–Crippen LogP) is 2.27. The summed E-state index contributed by atoms with van der Waals surface area (Å²) >= 11 is 0. The van der Waals surface area contributed by atoms with Crippen LogP contribution in [0, 0.1) is 11.3 Å². The summed E-state index contributed by atoms with van der Waals surface area (Å²) in [7, 11) is 0. The summed E-state index contributed by atoms with van der Waals surface area (Å²) in [6.07, 6.45) is 11.5. The van der Waals surface area contributed by atoms with Crippen LogP contribution in [0.5, 0.6) is 0 Å². The van der Waals surface area contributed by atoms with Gasteiger partial charge in [-0.15, -0.1) is 0 Å². The minimum Gasteiger partial charge on any atom is -0.550 e. The minimum atomic E-state index is -0.779. The van der Waals surface area contributed by atoms with Crippen molar-refractivity contribution in [3.63, 3.8) is 0 Å². The largest absolute Gasteiger partial charge is 0.550 e. The normalized spacial score (nSPS) is 31.1. The quantitative estimate of drug-likeness (QED) is 0.664. The fourth-order valence-electron chi connectivity index (χ4n) is 3.70. The predicted molar refractivity (Wildman–Crippen MR) is 57.1 cm³/mol. The van der Waals surface area contributed by atoms with E-state index >= 15 is 0 Å². The Labute approximate surface area is 92.1 Å². The third-order valence-electron chi connectivity index (χ3n) is 4.54. The van der Waals surface area contributed by atoms with Gasteiger partial charge >= 0.3 is 0 Å². The van der Waals surface area contributed by atoms with E-state index in [9.17, 15) is 9.90 Å². The molecule has 2 rings (SSSR count). The van der Waals surface area contributed by atoms with Crippen LogP contribution in [0.25, 0.3) is 0 Å². The molecule has 0 aromatic carbocycles. The van der Waals surface area contributed by atoms with Crippen LogP contribution in [-0.2, 0) is 4.79 Å². The van der Waals surface area contributed by atoms with Gasteiger partial charge in [0.05, 0.1) is 0 Å². The Hall–Kier alpha value is -0.530. The Bertz CT molecular complexity index is 229. The molecule has 0 radical (unpaired) electrons. The van der Waals surface area contributed by atoms with Crippen LogP contribution in [-0.4, -0.2) is 5.97 Å². The third-order valence-corrected chi connectivity index (χ3v) is 4.54. The van der Waals surface area contributed by atoms with Crippen molar-refractivity contribution in [2.24, 2.45) is 11.3 Å². The highest BCUT2D eigenvalue weighted by Crippen LogP contribution is 2.49. The van der Waals surface area contributed by atoms with Crippen molar-refractivity contribution in [3.8, 4) is 0 Å². The van der Waals surface area contributed by atoms with Crippen molar-refractivity contribution in [2.45, 2.75) is 64.2 Å². The maximum absolute atomic E-state index is 11.3. The fraction of sp³-hybridized carbons (Fsp3) is 0.923. The van der Waals surface area contributed by atoms with Gasteiger partial charge in [0, 0.05) is 11.9 Å². The average molecular weight is 209 g/mol. The van der Waals surface area contributed by atoms with Crippen molar-refractivity contribution in [1.82, 2.24) is 0 Å². The molecule has 86 valence electrons. The summed E-state index contributed by atoms with van der Waals surface area (Å²) < 4.78 is 0. The lowest BCUT2D eigenvalue weighted by Gasteiger charge is -2.43. The Morgan fingerprint density at radius 2 is 1.47 bits per heavy atom. The Balaban J connectivity index is 2.17. The first kappa shape index (κ1) is 11.0. The number of hydrogen-bond acceptors (Lipinski definition) is 2. The van der Waals surface area contributed by atoms with Crippen LogP contribution >= 0.6 is 0 Å². The molecule has 0 aliphatic heterocycles. The van der Waals surface area contributed by atoms with Crippen LogP contribution in [0.2, 0.25) is 0 Å². The van der Waals surface area contributed by atoms with Crippen molar-refractivity contribution in [3.05, 3.63) is 0 Å². The minimum absolute atomic E-state index is 0.119. The molecule has 1 spiro atoms. The van der Waals surface area contributed by atoms with E-state index in [-0.39, 0.29) is 11.3 Å². The maximum atomic E-state index is 11.3. The molecule has 0 aromatic heterocycles. The molecule has 2 heteroatoms. The number of rotatable bonds is 1. The van der Waals surface area contributed by atoms with E-state index in [0.29, 0.717) is 0 Å². The van der Waals surface area contributed by atoms with E-state index in [2.05, 4.69) is 0 Å². The lowest BCUT2D eigenvalue weighted by atomic mass is 9.63. The Morgan fingerprint density at radius 1 is 0.933 bits per heavy atom. The molecule has 2 aliphatic rings. The van der Waals surface area contributed by atoms with E-state index in [1.807, 2.05) is 0 Å². The standard InChI is InChI=1S/C13H22O2/c14-12(15)11-7-3-1-4-8-13(11)9-5-2-6-10-13/h11H,1-10H2,(H,14,15)/p-1. The van der Waals surface area contributed by atoms with Crippen LogP contribution in [0.15, 0.2) is 0 Å². The number of carboxylic acids is 1. The summed E-state index contributed by atoms with van der Waals surface area (Å²) in [6, 6.07) is 0. The van der Waals surface area contributed by atoms with E-state index in [4.69, 9.17) is 0 Å². The van der Waals surface area contributed by atoms with Crippen LogP contribution in [0.4, 0.5) is 0 Å². The molecule has 15 heavy (non-hydrogen) atoms. The lowest BCUT2D eigenvalue weighted by molar-refractivity contribution is -0.316. The fourth-order valence-corrected chi connectivity index (χ4v) is 3.70. The van der Waals surface area contributed by atoms with Gasteiger partial charge in [-0.3, -0.25) is 0 Å². The molecule has 0 N–H and O–H groups in total. The molecule has 2 saturated carbocycles. The van der Waals surface area contributed by atoms with Gasteiger partial charge in [0.1, 0.15) is 0 Å². The molecule has 0 aromatic rings. The smallest absolute Gasteiger partial charge is 0.0450 e. The Kier molecular flexibility index (Phi) is 3.32. The highest BCUT2D eigenvalue weighted by atomic mass is 16.4. The van der Waals surface area contributed by atoms with Gasteiger partial charge in [-0.05, 0) is 31.1 Å². The van der Waals surface area contributed by atoms with Crippen molar-refractivity contribution in [2.75, 3.05) is 0 Å². The highest BCUT2D eigenvalue weighted by Gasteiger charge is 2.40. The first-order chi connectivity index (χ1) is 7.25. The van der Waals surface area contributed by atoms with E-state index in [0.717, 1.165) is 32.1 Å². The van der Waals surface area contributed by atoms with Crippen LogP contribution in [0.3, 0.4) is 0 Å². The summed E-state index contributed by atoms with van der Waals surface area (Å²) in [5.41, 5.74) is 0.119. The zero-order valence-corrected chi connectivity index (χ0v) is 9.46. The second kappa shape index (κ2) is 4.54. The maximum Gasteiger partial charge on any atom is 0.0450 e. The topological polar surface area (TPSA) is 40.1 Å². The molecular formula is C13H21O2-. The second-order valence-electron chi connectivity index (χ2n) is 5.39. The molecule has 0 saturated heterocycles. The molecule has 0 amide bonds. The van der Waals surface area contributed by atoms with Gasteiger partial charge in [-0.25, -0.2) is 0 Å². The van der Waals surface area contributed by atoms with Crippen molar-refractivity contribution < 1.29 is 9.90 Å². The van der Waals surface area contributed by atoms with Gasteiger partial charge < -0.3 is 9.90 Å². The highest BCUT2D eigenvalue weighted by molar-refractivity contribution is 5.68. The summed E-state index contributed by atoms with van der Waals surface area (Å²) in [6.45, 7) is 0. The third kappa shape index (κ3) is 2.19. The number of hydrogen-bond donors (Lipinski definition) is 0. The molecule has 2 nitrogen and oxygen atoms in total. The number of carbonyl (C=O) groups is 1. The van der Waals surface area contributed by atoms with Gasteiger partial charge in [0.25, 0.3) is 0 Å². The van der Waals surface area contributed by atoms with Gasteiger partial charge in [0.15, 0.2) is 0 Å². The molecular weight excluding hydrogens is 188 g/mol. The number of carbonyl (C=O) groups excluding carboxylic acids is 1.